The standard InChI is InChI=1S/C21H25FN4O2.HI/c1-2-23-21(25-12-13-3-7-16(22)8-4-13)24-9-10-26-19(27)17-14-5-6-15(11-14)18(17)20(26)28;/h3-8,14-15,17-18H,2,9-12H2,1H3,(H2,23,24,25);1H. The molecule has 3 aliphatic rings. The first kappa shape index (κ1) is 21.7. The summed E-state index contributed by atoms with van der Waals surface area (Å²) in [6.45, 7) is 3.85. The van der Waals surface area contributed by atoms with E-state index >= 15 is 0 Å². The molecule has 2 amide bonds. The monoisotopic (exact) mass is 512 g/mol. The molecule has 6 nitrogen and oxygen atoms in total. The van der Waals surface area contributed by atoms with Gasteiger partial charge in [-0.2, -0.15) is 0 Å². The van der Waals surface area contributed by atoms with Crippen LogP contribution in [0.1, 0.15) is 18.9 Å². The van der Waals surface area contributed by atoms with Crippen LogP contribution in [0, 0.1) is 29.5 Å². The normalized spacial score (nSPS) is 27.2. The lowest BCUT2D eigenvalue weighted by Gasteiger charge is -2.18. The molecule has 156 valence electrons. The number of allylic oxidation sites excluding steroid dienone is 2. The van der Waals surface area contributed by atoms with Crippen molar-refractivity contribution >= 4 is 41.8 Å². The van der Waals surface area contributed by atoms with Gasteiger partial charge in [-0.15, -0.1) is 24.0 Å². The van der Waals surface area contributed by atoms with Gasteiger partial charge in [0.15, 0.2) is 5.96 Å². The molecule has 29 heavy (non-hydrogen) atoms. The number of amides is 2. The second-order valence-corrected chi connectivity index (χ2v) is 7.58. The Morgan fingerprint density at radius 3 is 2.31 bits per heavy atom. The Bertz CT molecular complexity index is 796. The zero-order valence-corrected chi connectivity index (χ0v) is 18.6. The van der Waals surface area contributed by atoms with Crippen molar-refractivity contribution in [1.82, 2.24) is 15.5 Å². The molecule has 2 bridgehead atoms. The Morgan fingerprint density at radius 1 is 1.10 bits per heavy atom. The SMILES string of the molecule is CCNC(=NCc1ccc(F)cc1)NCCN1C(=O)C2C3C=CC(C3)C2C1=O.I. The molecule has 4 atom stereocenters. The molecule has 2 N–H and O–H groups in total. The summed E-state index contributed by atoms with van der Waals surface area (Å²) in [5.74, 6) is 0.450. The largest absolute Gasteiger partial charge is 0.357 e. The van der Waals surface area contributed by atoms with Crippen LogP contribution in [0.2, 0.25) is 0 Å². The predicted molar refractivity (Wildman–Crippen MR) is 119 cm³/mol. The Labute approximate surface area is 187 Å². The first-order chi connectivity index (χ1) is 13.6. The van der Waals surface area contributed by atoms with Gasteiger partial charge >= 0.3 is 0 Å². The van der Waals surface area contributed by atoms with E-state index in [9.17, 15) is 14.0 Å². The van der Waals surface area contributed by atoms with Gasteiger partial charge in [-0.25, -0.2) is 9.38 Å². The van der Waals surface area contributed by atoms with E-state index in [-0.39, 0.29) is 65.3 Å². The van der Waals surface area contributed by atoms with E-state index in [2.05, 4.69) is 27.8 Å². The minimum Gasteiger partial charge on any atom is -0.357 e. The van der Waals surface area contributed by atoms with Crippen LogP contribution in [0.4, 0.5) is 4.39 Å². The van der Waals surface area contributed by atoms with Crippen molar-refractivity contribution in [3.63, 3.8) is 0 Å². The summed E-state index contributed by atoms with van der Waals surface area (Å²) in [5, 5.41) is 6.32. The maximum atomic E-state index is 13.0. The third-order valence-electron chi connectivity index (χ3n) is 5.87. The van der Waals surface area contributed by atoms with Crippen LogP contribution in [0.3, 0.4) is 0 Å². The Morgan fingerprint density at radius 2 is 1.72 bits per heavy atom. The van der Waals surface area contributed by atoms with Crippen molar-refractivity contribution in [2.45, 2.75) is 19.9 Å². The molecule has 0 aromatic heterocycles. The van der Waals surface area contributed by atoms with Crippen LogP contribution in [0.15, 0.2) is 41.4 Å². The van der Waals surface area contributed by atoms with Crippen LogP contribution in [-0.4, -0.2) is 42.3 Å². The first-order valence-corrected chi connectivity index (χ1v) is 9.88. The fraction of sp³-hybridized carbons (Fsp3) is 0.476. The summed E-state index contributed by atoms with van der Waals surface area (Å²) >= 11 is 0. The van der Waals surface area contributed by atoms with Gasteiger partial charge in [-0.3, -0.25) is 14.5 Å². The first-order valence-electron chi connectivity index (χ1n) is 9.88. The van der Waals surface area contributed by atoms with Crippen LogP contribution in [0.5, 0.6) is 0 Å². The van der Waals surface area contributed by atoms with Crippen molar-refractivity contribution in [2.24, 2.45) is 28.7 Å². The third kappa shape index (κ3) is 4.31. The number of likely N-dealkylation sites (tertiary alicyclic amines) is 1. The number of nitrogens with one attached hydrogen (secondary N) is 2. The van der Waals surface area contributed by atoms with Crippen LogP contribution in [-0.2, 0) is 16.1 Å². The molecule has 8 heteroatoms. The van der Waals surface area contributed by atoms with Crippen LogP contribution < -0.4 is 10.6 Å². The van der Waals surface area contributed by atoms with Crippen LogP contribution >= 0.6 is 24.0 Å². The summed E-state index contributed by atoms with van der Waals surface area (Å²) in [6.07, 6.45) is 5.15. The Balaban J connectivity index is 0.00000240. The van der Waals surface area contributed by atoms with Gasteiger partial charge in [0, 0.05) is 19.6 Å². The average molecular weight is 512 g/mol. The van der Waals surface area contributed by atoms with Gasteiger partial charge in [0.1, 0.15) is 5.82 Å². The predicted octanol–water partition coefficient (Wildman–Crippen LogP) is 2.31. The van der Waals surface area contributed by atoms with E-state index in [1.165, 1.54) is 17.0 Å². The van der Waals surface area contributed by atoms with Crippen LogP contribution in [0.25, 0.3) is 0 Å². The summed E-state index contributed by atoms with van der Waals surface area (Å²) in [5.41, 5.74) is 0.902. The van der Waals surface area contributed by atoms with E-state index in [1.807, 2.05) is 6.92 Å². The smallest absolute Gasteiger partial charge is 0.233 e. The number of aliphatic imine (C=N–C) groups is 1. The molecular formula is C21H26FIN4O2. The molecular weight excluding hydrogens is 486 g/mol. The van der Waals surface area contributed by atoms with Crippen molar-refractivity contribution < 1.29 is 14.0 Å². The number of rotatable bonds is 6. The lowest BCUT2D eigenvalue weighted by molar-refractivity contribution is -0.140. The second-order valence-electron chi connectivity index (χ2n) is 7.58. The van der Waals surface area contributed by atoms with Crippen molar-refractivity contribution in [1.29, 1.82) is 0 Å². The minimum atomic E-state index is -0.272. The maximum Gasteiger partial charge on any atom is 0.233 e. The highest BCUT2D eigenvalue weighted by Crippen LogP contribution is 2.52. The molecule has 1 saturated carbocycles. The molecule has 1 heterocycles. The van der Waals surface area contributed by atoms with E-state index in [0.717, 1.165) is 12.0 Å². The number of imide groups is 1. The quantitative estimate of drug-likeness (QED) is 0.202. The molecule has 1 aromatic carbocycles. The Kier molecular flexibility index (Phi) is 6.92. The fourth-order valence-corrected chi connectivity index (χ4v) is 4.57. The third-order valence-corrected chi connectivity index (χ3v) is 5.87. The molecule has 1 aliphatic heterocycles. The minimum absolute atomic E-state index is 0. The molecule has 4 rings (SSSR count). The molecule has 1 aromatic rings. The van der Waals surface area contributed by atoms with Gasteiger partial charge in [0.25, 0.3) is 0 Å². The van der Waals surface area contributed by atoms with Gasteiger partial charge in [-0.1, -0.05) is 24.3 Å². The zero-order valence-electron chi connectivity index (χ0n) is 16.3. The summed E-state index contributed by atoms with van der Waals surface area (Å²) < 4.78 is 13.0. The lowest BCUT2D eigenvalue weighted by Crippen LogP contribution is -2.43. The highest BCUT2D eigenvalue weighted by Gasteiger charge is 2.58. The zero-order chi connectivity index (χ0) is 19.7. The summed E-state index contributed by atoms with van der Waals surface area (Å²) in [6, 6.07) is 6.22. The number of fused-ring (bicyclic) bond motifs is 5. The molecule has 4 unspecified atom stereocenters. The number of hydrogen-bond donors (Lipinski definition) is 2. The number of carbonyl (C=O) groups is 2. The van der Waals surface area contributed by atoms with E-state index in [4.69, 9.17) is 0 Å². The number of halogens is 2. The number of carbonyl (C=O) groups excluding carboxylic acids is 2. The topological polar surface area (TPSA) is 73.8 Å². The van der Waals surface area contributed by atoms with Gasteiger partial charge < -0.3 is 10.6 Å². The average Bonchev–Trinajstić information content (AvgIpc) is 3.37. The number of benzene rings is 1. The van der Waals surface area contributed by atoms with Crippen molar-refractivity contribution in [3.8, 4) is 0 Å². The molecule has 1 saturated heterocycles. The Hall–Kier alpha value is -1.97. The van der Waals surface area contributed by atoms with E-state index in [0.29, 0.717) is 32.1 Å². The number of hydrogen-bond acceptors (Lipinski definition) is 3. The summed E-state index contributed by atoms with van der Waals surface area (Å²) in [7, 11) is 0. The van der Waals surface area contributed by atoms with Crippen molar-refractivity contribution in [3.05, 3.63) is 47.8 Å². The van der Waals surface area contributed by atoms with E-state index in [1.54, 1.807) is 12.1 Å². The number of nitrogens with zero attached hydrogens (tertiary/aromatic N) is 2. The van der Waals surface area contributed by atoms with Crippen molar-refractivity contribution in [2.75, 3.05) is 19.6 Å². The maximum absolute atomic E-state index is 13.0. The van der Waals surface area contributed by atoms with Gasteiger partial charge in [0.2, 0.25) is 11.8 Å². The van der Waals surface area contributed by atoms with Gasteiger partial charge in [-0.05, 0) is 42.9 Å². The summed E-state index contributed by atoms with van der Waals surface area (Å²) in [4.78, 5) is 31.3. The van der Waals surface area contributed by atoms with Gasteiger partial charge in [0.05, 0.1) is 18.4 Å². The lowest BCUT2D eigenvalue weighted by atomic mass is 9.85. The molecule has 2 aliphatic carbocycles. The molecule has 2 fully saturated rings. The molecule has 0 radical (unpaired) electrons. The fourth-order valence-electron chi connectivity index (χ4n) is 4.57. The van der Waals surface area contributed by atoms with E-state index < -0.39 is 0 Å². The second kappa shape index (κ2) is 9.23. The highest BCUT2D eigenvalue weighted by molar-refractivity contribution is 14.0. The molecule has 0 spiro atoms. The highest BCUT2D eigenvalue weighted by atomic mass is 127. The number of guanidine groups is 1.